The number of rotatable bonds is 18. The van der Waals surface area contributed by atoms with Crippen molar-refractivity contribution < 1.29 is 9.47 Å². The lowest BCUT2D eigenvalue weighted by molar-refractivity contribution is 0.0627. The highest BCUT2D eigenvalue weighted by Gasteiger charge is 2.10. The normalized spacial score (nSPS) is 12.0. The molecule has 1 atom stereocenters. The van der Waals surface area contributed by atoms with Gasteiger partial charge in [-0.1, -0.05) is 132 Å². The van der Waals surface area contributed by atoms with Gasteiger partial charge in [-0.25, -0.2) is 0 Å². The molecule has 2 nitrogen and oxygen atoms in total. The number of ether oxygens (including phenoxy) is 2. The highest BCUT2D eigenvalue weighted by molar-refractivity contribution is 5.83. The molecule has 0 saturated heterocycles. The molecule has 0 amide bonds. The summed E-state index contributed by atoms with van der Waals surface area (Å²) >= 11 is 0. The Hall–Kier alpha value is -2.58. The second-order valence-corrected chi connectivity index (χ2v) is 10.2. The molecule has 0 spiro atoms. The first kappa shape index (κ1) is 29.0. The quantitative estimate of drug-likeness (QED) is 0.162. The summed E-state index contributed by atoms with van der Waals surface area (Å²) in [5, 5.41) is 0. The van der Waals surface area contributed by atoms with Crippen LogP contribution in [0.15, 0.2) is 72.8 Å². The summed E-state index contributed by atoms with van der Waals surface area (Å²) in [6.07, 6.45) is 14.3. The molecule has 200 valence electrons. The third-order valence-electron chi connectivity index (χ3n) is 7.17. The van der Waals surface area contributed by atoms with Gasteiger partial charge in [0.25, 0.3) is 0 Å². The van der Waals surface area contributed by atoms with Gasteiger partial charge in [0.1, 0.15) is 5.75 Å². The summed E-state index contributed by atoms with van der Waals surface area (Å²) in [6.45, 7) is 8.29. The van der Waals surface area contributed by atoms with Gasteiger partial charge in [0.15, 0.2) is 0 Å². The molecule has 0 radical (unpaired) electrons. The van der Waals surface area contributed by atoms with Crippen LogP contribution in [0.3, 0.4) is 0 Å². The second-order valence-electron chi connectivity index (χ2n) is 10.2. The van der Waals surface area contributed by atoms with Gasteiger partial charge in [-0.2, -0.15) is 0 Å². The monoisotopic (exact) mass is 500 g/mol. The van der Waals surface area contributed by atoms with Crippen LogP contribution in [0.1, 0.15) is 103 Å². The average molecular weight is 501 g/mol. The van der Waals surface area contributed by atoms with Crippen molar-refractivity contribution in [2.24, 2.45) is 0 Å². The SMILES string of the molecule is CCCCCCCCCCOC(C)c1ccc(-c2ccccc2-c2ccc(OCCCCC)cc2)cc1. The zero-order chi connectivity index (χ0) is 26.1. The summed E-state index contributed by atoms with van der Waals surface area (Å²) in [5.41, 5.74) is 6.17. The Morgan fingerprint density at radius 2 is 1.03 bits per heavy atom. The van der Waals surface area contributed by atoms with Gasteiger partial charge < -0.3 is 9.47 Å². The third-order valence-corrected chi connectivity index (χ3v) is 7.17. The van der Waals surface area contributed by atoms with Gasteiger partial charge in [-0.15, -0.1) is 0 Å². The maximum absolute atomic E-state index is 6.15. The van der Waals surface area contributed by atoms with E-state index >= 15 is 0 Å². The molecule has 3 rings (SSSR count). The van der Waals surface area contributed by atoms with Gasteiger partial charge in [0, 0.05) is 6.61 Å². The Labute approximate surface area is 226 Å². The van der Waals surface area contributed by atoms with Gasteiger partial charge in [-0.3, -0.25) is 0 Å². The highest BCUT2D eigenvalue weighted by Crippen LogP contribution is 2.33. The van der Waals surface area contributed by atoms with Crippen molar-refractivity contribution in [1.82, 2.24) is 0 Å². The van der Waals surface area contributed by atoms with E-state index in [0.29, 0.717) is 0 Å². The van der Waals surface area contributed by atoms with Crippen molar-refractivity contribution in [2.45, 2.75) is 97.5 Å². The highest BCUT2D eigenvalue weighted by atomic mass is 16.5. The maximum Gasteiger partial charge on any atom is 0.119 e. The van der Waals surface area contributed by atoms with Gasteiger partial charge in [0.05, 0.1) is 12.7 Å². The van der Waals surface area contributed by atoms with Gasteiger partial charge in [-0.05, 0) is 59.7 Å². The molecule has 37 heavy (non-hydrogen) atoms. The van der Waals surface area contributed by atoms with Crippen molar-refractivity contribution in [3.8, 4) is 28.0 Å². The minimum atomic E-state index is 0.124. The Kier molecular flexibility index (Phi) is 13.3. The molecular weight excluding hydrogens is 452 g/mol. The van der Waals surface area contributed by atoms with Crippen molar-refractivity contribution in [3.05, 3.63) is 78.4 Å². The lowest BCUT2D eigenvalue weighted by atomic mass is 9.94. The molecular formula is C35H48O2. The molecule has 0 fully saturated rings. The Balaban J connectivity index is 1.52. The molecule has 0 aliphatic carbocycles. The zero-order valence-electron chi connectivity index (χ0n) is 23.5. The fraction of sp³-hybridized carbons (Fsp3) is 0.486. The molecule has 2 heteroatoms. The van der Waals surface area contributed by atoms with E-state index in [9.17, 15) is 0 Å². The summed E-state index contributed by atoms with van der Waals surface area (Å²) in [4.78, 5) is 0. The van der Waals surface area contributed by atoms with Gasteiger partial charge >= 0.3 is 0 Å². The van der Waals surface area contributed by atoms with Crippen LogP contribution in [0.2, 0.25) is 0 Å². The number of hydrogen-bond acceptors (Lipinski definition) is 2. The molecule has 0 bridgehead atoms. The van der Waals surface area contributed by atoms with Crippen molar-refractivity contribution in [1.29, 1.82) is 0 Å². The fourth-order valence-corrected chi connectivity index (χ4v) is 4.79. The van der Waals surface area contributed by atoms with Crippen LogP contribution >= 0.6 is 0 Å². The molecule has 0 heterocycles. The first-order valence-electron chi connectivity index (χ1n) is 14.8. The Bertz CT molecular complexity index is 991. The molecule has 3 aromatic carbocycles. The lowest BCUT2D eigenvalue weighted by Crippen LogP contribution is -2.02. The van der Waals surface area contributed by atoms with Crippen LogP contribution in [0, 0.1) is 0 Å². The topological polar surface area (TPSA) is 18.5 Å². The Morgan fingerprint density at radius 1 is 0.541 bits per heavy atom. The van der Waals surface area contributed by atoms with E-state index in [-0.39, 0.29) is 6.10 Å². The van der Waals surface area contributed by atoms with E-state index < -0.39 is 0 Å². The first-order valence-corrected chi connectivity index (χ1v) is 14.8. The number of unbranched alkanes of at least 4 members (excludes halogenated alkanes) is 9. The molecule has 0 aliphatic heterocycles. The molecule has 0 saturated carbocycles. The van der Waals surface area contributed by atoms with Crippen LogP contribution in [-0.2, 0) is 4.74 Å². The van der Waals surface area contributed by atoms with Crippen molar-refractivity contribution in [2.75, 3.05) is 13.2 Å². The van der Waals surface area contributed by atoms with Crippen LogP contribution in [0.5, 0.6) is 5.75 Å². The van der Waals surface area contributed by atoms with Gasteiger partial charge in [0.2, 0.25) is 0 Å². The summed E-state index contributed by atoms with van der Waals surface area (Å²) in [6, 6.07) is 26.1. The second kappa shape index (κ2) is 17.0. The molecule has 0 aromatic heterocycles. The largest absolute Gasteiger partial charge is 0.494 e. The average Bonchev–Trinajstić information content (AvgIpc) is 2.95. The van der Waals surface area contributed by atoms with Crippen LogP contribution in [0.25, 0.3) is 22.3 Å². The van der Waals surface area contributed by atoms with Crippen molar-refractivity contribution in [3.63, 3.8) is 0 Å². The molecule has 0 N–H and O–H groups in total. The first-order chi connectivity index (χ1) is 18.2. The summed E-state index contributed by atoms with van der Waals surface area (Å²) in [5.74, 6) is 0.947. The van der Waals surface area contributed by atoms with Crippen LogP contribution < -0.4 is 4.74 Å². The summed E-state index contributed by atoms with van der Waals surface area (Å²) in [7, 11) is 0. The number of benzene rings is 3. The van der Waals surface area contributed by atoms with E-state index in [1.165, 1.54) is 85.6 Å². The van der Waals surface area contributed by atoms with Crippen LogP contribution in [-0.4, -0.2) is 13.2 Å². The minimum absolute atomic E-state index is 0.124. The summed E-state index contributed by atoms with van der Waals surface area (Å²) < 4.78 is 12.1. The fourth-order valence-electron chi connectivity index (χ4n) is 4.79. The standard InChI is InChI=1S/C35H48O2/c1-4-6-8-9-10-11-12-16-27-36-29(3)30-19-21-31(22-20-30)34-17-13-14-18-35(34)32-23-25-33(26-24-32)37-28-15-7-5-2/h13-14,17-26,29H,4-12,15-16,27-28H2,1-3H3. The van der Waals surface area contributed by atoms with Crippen LogP contribution in [0.4, 0.5) is 0 Å². The third kappa shape index (κ3) is 10.0. The molecule has 3 aromatic rings. The Morgan fingerprint density at radius 3 is 1.62 bits per heavy atom. The predicted molar refractivity (Wildman–Crippen MR) is 159 cm³/mol. The number of hydrogen-bond donors (Lipinski definition) is 0. The van der Waals surface area contributed by atoms with E-state index in [1.54, 1.807) is 0 Å². The zero-order valence-corrected chi connectivity index (χ0v) is 23.5. The maximum atomic E-state index is 6.15. The predicted octanol–water partition coefficient (Wildman–Crippen LogP) is 10.8. The van der Waals surface area contributed by atoms with E-state index in [4.69, 9.17) is 9.47 Å². The van der Waals surface area contributed by atoms with E-state index in [2.05, 4.69) is 93.6 Å². The lowest BCUT2D eigenvalue weighted by Gasteiger charge is -2.15. The minimum Gasteiger partial charge on any atom is -0.494 e. The molecule has 1 unspecified atom stereocenters. The van der Waals surface area contributed by atoms with E-state index in [1.807, 2.05) is 0 Å². The van der Waals surface area contributed by atoms with Crippen molar-refractivity contribution >= 4 is 0 Å². The molecule has 0 aliphatic rings. The smallest absolute Gasteiger partial charge is 0.119 e. The van der Waals surface area contributed by atoms with E-state index in [0.717, 1.165) is 31.8 Å².